The van der Waals surface area contributed by atoms with Crippen molar-refractivity contribution in [1.82, 2.24) is 4.90 Å². The van der Waals surface area contributed by atoms with Crippen LogP contribution in [0.5, 0.6) is 0 Å². The number of para-hydroxylation sites is 2. The molecule has 0 spiro atoms. The lowest BCUT2D eigenvalue weighted by Crippen LogP contribution is -3.00. The molecule has 0 atom stereocenters. The van der Waals surface area contributed by atoms with E-state index in [1.807, 2.05) is 61.2 Å². The van der Waals surface area contributed by atoms with Gasteiger partial charge < -0.3 is 28.9 Å². The van der Waals surface area contributed by atoms with Crippen LogP contribution in [-0.2, 0) is 4.79 Å². The second-order valence-corrected chi connectivity index (χ2v) is 8.72. The maximum Gasteiger partial charge on any atom is 0.269 e. The third-order valence-electron chi connectivity index (χ3n) is 4.99. The summed E-state index contributed by atoms with van der Waals surface area (Å²) in [6.07, 6.45) is 1.92. The Morgan fingerprint density at radius 2 is 1.73 bits per heavy atom. The minimum atomic E-state index is 0. The van der Waals surface area contributed by atoms with Crippen LogP contribution in [0.4, 0.5) is 5.69 Å². The Kier molecular flexibility index (Phi) is 6.08. The molecule has 0 unspecified atom stereocenters. The molecule has 1 aromatic heterocycles. The first-order valence-corrected chi connectivity index (χ1v) is 11.0. The fourth-order valence-electron chi connectivity index (χ4n) is 3.51. The molecule has 1 amide bonds. The van der Waals surface area contributed by atoms with Crippen molar-refractivity contribution in [2.75, 3.05) is 18.5 Å². The first-order chi connectivity index (χ1) is 14.2. The molecule has 3 aromatic rings. The van der Waals surface area contributed by atoms with Crippen molar-refractivity contribution < 1.29 is 33.4 Å². The van der Waals surface area contributed by atoms with Crippen molar-refractivity contribution in [3.05, 3.63) is 76.8 Å². The van der Waals surface area contributed by atoms with Crippen LogP contribution >= 0.6 is 23.5 Å². The van der Waals surface area contributed by atoms with E-state index in [4.69, 9.17) is 5.10 Å². The lowest BCUT2D eigenvalue weighted by molar-refractivity contribution is -0.652. The number of rotatable bonds is 2. The molecule has 5 nitrogen and oxygen atoms in total. The summed E-state index contributed by atoms with van der Waals surface area (Å²) in [6.45, 7) is 2.56. The van der Waals surface area contributed by atoms with Gasteiger partial charge in [-0.2, -0.15) is 0 Å². The number of fused-ring (bicyclic) bond motifs is 2. The largest absolute Gasteiger partial charge is 1.00 e. The van der Waals surface area contributed by atoms with Crippen molar-refractivity contribution >= 4 is 51.2 Å². The number of halogens is 1. The van der Waals surface area contributed by atoms with Crippen molar-refractivity contribution in [1.29, 1.82) is 0 Å². The van der Waals surface area contributed by atoms with Crippen molar-refractivity contribution in [2.45, 2.75) is 11.8 Å². The number of benzene rings is 2. The highest BCUT2D eigenvalue weighted by molar-refractivity contribution is 8.19. The third-order valence-corrected chi connectivity index (χ3v) is 7.41. The Balaban J connectivity index is 0.00000218. The quantitative estimate of drug-likeness (QED) is 0.276. The van der Waals surface area contributed by atoms with Gasteiger partial charge in [0.05, 0.1) is 10.7 Å². The molecular weight excluding hydrogens is 527 g/mol. The van der Waals surface area contributed by atoms with Gasteiger partial charge in [0, 0.05) is 41.1 Å². The monoisotopic (exact) mass is 546 g/mol. The highest BCUT2D eigenvalue weighted by atomic mass is 127. The Bertz CT molecular complexity index is 1210. The number of thioether (sulfide) groups is 2. The van der Waals surface area contributed by atoms with Crippen LogP contribution in [0, 0.1) is 0 Å². The van der Waals surface area contributed by atoms with Gasteiger partial charge in [-0.15, -0.1) is 0 Å². The number of anilines is 1. The minimum absolute atomic E-state index is 0. The van der Waals surface area contributed by atoms with Gasteiger partial charge in [-0.25, -0.2) is 0 Å². The number of amides is 1. The van der Waals surface area contributed by atoms with Gasteiger partial charge in [0.15, 0.2) is 0 Å². The molecule has 2 aliphatic rings. The highest BCUT2D eigenvalue weighted by Crippen LogP contribution is 2.49. The van der Waals surface area contributed by atoms with Gasteiger partial charge in [0.2, 0.25) is 16.9 Å². The van der Waals surface area contributed by atoms with Gasteiger partial charge in [-0.3, -0.25) is 9.69 Å². The fraction of sp³-hybridized carbons (Fsp3) is 0.136. The van der Waals surface area contributed by atoms with E-state index in [1.54, 1.807) is 16.7 Å². The van der Waals surface area contributed by atoms with Crippen molar-refractivity contribution in [3.8, 4) is 0 Å². The van der Waals surface area contributed by atoms with E-state index in [-0.39, 0.29) is 29.9 Å². The molecule has 2 aliphatic heterocycles. The van der Waals surface area contributed by atoms with Gasteiger partial charge in [-0.05, 0) is 47.6 Å². The standard InChI is InChI=1S/C22H19N4OS2.HI/c1-3-25-20(27)19(21-24(2)17-12-6-7-13-18(17)28-21)29-22(25)23-26-14-8-10-15-9-4-5-11-16(15)26;/h4-14H,3H2,1-2H3;1H/q+1;/p-1/b21-19+,23-22-;. The summed E-state index contributed by atoms with van der Waals surface area (Å²) in [4.78, 5) is 19.0. The number of hydrogen-bond acceptors (Lipinski definition) is 5. The summed E-state index contributed by atoms with van der Waals surface area (Å²) in [5, 5.41) is 7.60. The van der Waals surface area contributed by atoms with E-state index in [2.05, 4.69) is 29.2 Å². The van der Waals surface area contributed by atoms with Gasteiger partial charge in [-0.1, -0.05) is 36.0 Å². The first kappa shape index (κ1) is 21.2. The number of pyridine rings is 1. The molecule has 1 fully saturated rings. The van der Waals surface area contributed by atoms with Gasteiger partial charge in [0.25, 0.3) is 5.91 Å². The average molecular weight is 546 g/mol. The molecule has 30 heavy (non-hydrogen) atoms. The summed E-state index contributed by atoms with van der Waals surface area (Å²) in [7, 11) is 2.01. The Morgan fingerprint density at radius 1 is 1.00 bits per heavy atom. The Hall–Kier alpha value is -2.04. The fourth-order valence-corrected chi connectivity index (χ4v) is 5.90. The van der Waals surface area contributed by atoms with E-state index in [0.29, 0.717) is 11.7 Å². The zero-order chi connectivity index (χ0) is 20.0. The van der Waals surface area contributed by atoms with Crippen LogP contribution in [-0.4, -0.2) is 29.6 Å². The summed E-state index contributed by atoms with van der Waals surface area (Å²) in [5.74, 6) is 0.0132. The lowest BCUT2D eigenvalue weighted by Gasteiger charge is -2.15. The molecule has 0 aliphatic carbocycles. The molecule has 0 radical (unpaired) electrons. The molecule has 5 rings (SSSR count). The molecule has 0 N–H and O–H groups in total. The molecule has 3 heterocycles. The van der Waals surface area contributed by atoms with Crippen molar-refractivity contribution in [3.63, 3.8) is 0 Å². The smallest absolute Gasteiger partial charge is 0.269 e. The zero-order valence-corrected chi connectivity index (χ0v) is 20.2. The van der Waals surface area contributed by atoms with Crippen LogP contribution in [0.15, 0.2) is 86.8 Å². The van der Waals surface area contributed by atoms with Crippen LogP contribution in [0.25, 0.3) is 10.9 Å². The van der Waals surface area contributed by atoms with E-state index in [0.717, 1.165) is 26.5 Å². The lowest BCUT2D eigenvalue weighted by atomic mass is 10.2. The maximum atomic E-state index is 13.2. The number of carbonyl (C=O) groups excluding carboxylic acids is 1. The Labute approximate surface area is 200 Å². The SMILES string of the molecule is CCN1C(=O)/C(=C2\Sc3ccccc3N2C)S/C1=N\[n+]1cccc2ccccc21.[I-]. The average Bonchev–Trinajstić information content (AvgIpc) is 3.24. The molecule has 0 saturated carbocycles. The molecule has 1 saturated heterocycles. The predicted octanol–water partition coefficient (Wildman–Crippen LogP) is 1.26. The summed E-state index contributed by atoms with van der Waals surface area (Å²) >= 11 is 3.09. The van der Waals surface area contributed by atoms with Crippen LogP contribution in [0.2, 0.25) is 0 Å². The molecule has 2 aromatic carbocycles. The number of aromatic nitrogens is 1. The number of nitrogens with zero attached hydrogens (tertiary/aromatic N) is 4. The number of likely N-dealkylation sites (N-methyl/N-ethyl adjacent to an activating group) is 1. The van der Waals surface area contributed by atoms with E-state index >= 15 is 0 Å². The topological polar surface area (TPSA) is 39.8 Å². The second-order valence-electron chi connectivity index (χ2n) is 6.71. The summed E-state index contributed by atoms with van der Waals surface area (Å²) in [5.41, 5.74) is 2.14. The third kappa shape index (κ3) is 3.50. The Morgan fingerprint density at radius 3 is 2.53 bits per heavy atom. The predicted molar refractivity (Wildman–Crippen MR) is 120 cm³/mol. The number of amidine groups is 1. The zero-order valence-electron chi connectivity index (χ0n) is 16.4. The summed E-state index contributed by atoms with van der Waals surface area (Å²) in [6, 6.07) is 20.4. The number of carbonyl (C=O) groups is 1. The molecule has 0 bridgehead atoms. The van der Waals surface area contributed by atoms with Crippen LogP contribution in [0.3, 0.4) is 0 Å². The first-order valence-electron chi connectivity index (χ1n) is 9.40. The van der Waals surface area contributed by atoms with E-state index in [9.17, 15) is 4.79 Å². The van der Waals surface area contributed by atoms with E-state index in [1.165, 1.54) is 16.7 Å². The second kappa shape index (κ2) is 8.60. The maximum absolute atomic E-state index is 13.2. The molecule has 8 heteroatoms. The van der Waals surface area contributed by atoms with Crippen molar-refractivity contribution in [2.24, 2.45) is 5.10 Å². The highest BCUT2D eigenvalue weighted by Gasteiger charge is 2.39. The molecular formula is C22H19IN4OS2. The van der Waals surface area contributed by atoms with Crippen LogP contribution in [0.1, 0.15) is 6.92 Å². The minimum Gasteiger partial charge on any atom is -1.00 e. The summed E-state index contributed by atoms with van der Waals surface area (Å²) < 4.78 is 1.85. The normalized spacial score (nSPS) is 19.5. The van der Waals surface area contributed by atoms with E-state index < -0.39 is 0 Å². The van der Waals surface area contributed by atoms with Gasteiger partial charge in [0.1, 0.15) is 4.91 Å². The van der Waals surface area contributed by atoms with Crippen LogP contribution < -0.4 is 33.6 Å². The molecule has 152 valence electrons. The van der Waals surface area contributed by atoms with Gasteiger partial charge >= 0.3 is 0 Å². The number of hydrogen-bond donors (Lipinski definition) is 0.